The first-order chi connectivity index (χ1) is 16.9. The Morgan fingerprint density at radius 2 is 1.78 bits per heavy atom. The molecule has 4 rings (SSSR count). The van der Waals surface area contributed by atoms with E-state index in [0.717, 1.165) is 24.0 Å². The van der Waals surface area contributed by atoms with E-state index < -0.39 is 33.3 Å². The van der Waals surface area contributed by atoms with Crippen molar-refractivity contribution in [3.63, 3.8) is 0 Å². The lowest BCUT2D eigenvalue weighted by Crippen LogP contribution is -2.58. The number of carbonyl (C=O) groups excluding carboxylic acids is 1. The van der Waals surface area contributed by atoms with E-state index in [9.17, 15) is 23.1 Å². The number of carboxylic acids is 1. The van der Waals surface area contributed by atoms with E-state index in [-0.39, 0.29) is 35.7 Å². The first-order valence-corrected chi connectivity index (χ1v) is 14.8. The lowest BCUT2D eigenvalue weighted by atomic mass is 9.67. The summed E-state index contributed by atoms with van der Waals surface area (Å²) in [5.74, 6) is -1.78. The van der Waals surface area contributed by atoms with Crippen LogP contribution in [0.15, 0.2) is 48.5 Å². The van der Waals surface area contributed by atoms with Gasteiger partial charge in [-0.2, -0.15) is 0 Å². The van der Waals surface area contributed by atoms with Gasteiger partial charge in [-0.3, -0.25) is 9.59 Å². The first-order valence-electron chi connectivity index (χ1n) is 12.2. The second kappa shape index (κ2) is 10.3. The van der Waals surface area contributed by atoms with Crippen LogP contribution in [0.2, 0.25) is 10.0 Å². The fraction of sp³-hybridized carbons (Fsp3) is 0.481. The number of hydrogen-bond acceptors (Lipinski definition) is 4. The molecular formula is C27H31Cl2NO5S. The number of carbonyl (C=O) groups is 2. The topological polar surface area (TPSA) is 91.8 Å². The van der Waals surface area contributed by atoms with Crippen LogP contribution in [0.4, 0.5) is 0 Å². The van der Waals surface area contributed by atoms with Crippen LogP contribution in [0, 0.1) is 11.3 Å². The van der Waals surface area contributed by atoms with Crippen molar-refractivity contribution in [2.75, 3.05) is 11.5 Å². The maximum atomic E-state index is 14.2. The van der Waals surface area contributed by atoms with Crippen LogP contribution < -0.4 is 0 Å². The molecular weight excluding hydrogens is 521 g/mol. The van der Waals surface area contributed by atoms with Crippen molar-refractivity contribution in [1.82, 2.24) is 4.90 Å². The van der Waals surface area contributed by atoms with Crippen molar-refractivity contribution in [3.8, 4) is 0 Å². The molecule has 0 radical (unpaired) electrons. The summed E-state index contributed by atoms with van der Waals surface area (Å²) in [4.78, 5) is 27.9. The number of aliphatic carboxylic acids is 1. The highest BCUT2D eigenvalue weighted by Gasteiger charge is 2.55. The molecule has 1 heterocycles. The molecule has 1 aliphatic carbocycles. The van der Waals surface area contributed by atoms with Gasteiger partial charge in [-0.1, -0.05) is 61.3 Å². The number of likely N-dealkylation sites (tertiary alicyclic amines) is 1. The predicted molar refractivity (Wildman–Crippen MR) is 141 cm³/mol. The van der Waals surface area contributed by atoms with Crippen LogP contribution in [0.5, 0.6) is 0 Å². The minimum Gasteiger partial charge on any atom is -0.481 e. The summed E-state index contributed by atoms with van der Waals surface area (Å²) < 4.78 is 25.7. The van der Waals surface area contributed by atoms with Gasteiger partial charge in [0.2, 0.25) is 5.91 Å². The fourth-order valence-electron chi connectivity index (χ4n) is 5.55. The standard InChI is InChI=1S/C27H31Cl2NO5S/c1-3-36(34,35)16-23(17-7-8-17)30-25(18-9-11-20(28)12-10-18)22(19-5-4-6-21(29)13-19)14-27(2,26(30)33)15-24(31)32/h4-6,9-13,17,22-23,25H,3,7-8,14-16H2,1-2H3,(H,31,32). The number of carboxylic acid groups (broad SMARTS) is 1. The van der Waals surface area contributed by atoms with E-state index in [1.165, 1.54) is 0 Å². The molecule has 194 valence electrons. The Hall–Kier alpha value is -2.09. The van der Waals surface area contributed by atoms with Crippen molar-refractivity contribution < 1.29 is 23.1 Å². The van der Waals surface area contributed by atoms with Gasteiger partial charge in [0.15, 0.2) is 9.84 Å². The van der Waals surface area contributed by atoms with Gasteiger partial charge in [-0.05, 0) is 60.6 Å². The van der Waals surface area contributed by atoms with Crippen LogP contribution in [0.1, 0.15) is 62.6 Å². The Balaban J connectivity index is 1.93. The van der Waals surface area contributed by atoms with Gasteiger partial charge >= 0.3 is 5.97 Å². The Kier molecular flexibility index (Phi) is 7.75. The van der Waals surface area contributed by atoms with Crippen LogP contribution >= 0.6 is 23.2 Å². The molecule has 2 aromatic rings. The molecule has 2 fully saturated rings. The molecule has 2 aromatic carbocycles. The second-order valence-electron chi connectivity index (χ2n) is 10.3. The van der Waals surface area contributed by atoms with E-state index in [2.05, 4.69) is 0 Å². The number of amides is 1. The molecule has 1 N–H and O–H groups in total. The fourth-order valence-corrected chi connectivity index (χ4v) is 7.06. The minimum absolute atomic E-state index is 0.0199. The largest absolute Gasteiger partial charge is 0.481 e. The lowest BCUT2D eigenvalue weighted by molar-refractivity contribution is -0.160. The van der Waals surface area contributed by atoms with E-state index in [1.807, 2.05) is 30.3 Å². The number of benzene rings is 2. The average Bonchev–Trinajstić information content (AvgIpc) is 3.65. The smallest absolute Gasteiger partial charge is 0.304 e. The Bertz CT molecular complexity index is 1250. The summed E-state index contributed by atoms with van der Waals surface area (Å²) in [7, 11) is -3.41. The summed E-state index contributed by atoms with van der Waals surface area (Å²) in [5, 5.41) is 10.8. The van der Waals surface area contributed by atoms with Crippen molar-refractivity contribution in [2.24, 2.45) is 11.3 Å². The molecule has 1 aliphatic heterocycles. The molecule has 4 atom stereocenters. The van der Waals surface area contributed by atoms with Gasteiger partial charge < -0.3 is 10.0 Å². The number of nitrogens with zero attached hydrogens (tertiary/aromatic N) is 1. The summed E-state index contributed by atoms with van der Waals surface area (Å²) in [6.45, 7) is 3.29. The van der Waals surface area contributed by atoms with Crippen LogP contribution in [0.3, 0.4) is 0 Å². The van der Waals surface area contributed by atoms with Crippen LogP contribution in [-0.2, 0) is 19.4 Å². The summed E-state index contributed by atoms with van der Waals surface area (Å²) in [6.07, 6.45) is 1.61. The molecule has 36 heavy (non-hydrogen) atoms. The third kappa shape index (κ3) is 5.74. The van der Waals surface area contributed by atoms with E-state index in [1.54, 1.807) is 36.9 Å². The Labute approximate surface area is 222 Å². The van der Waals surface area contributed by atoms with E-state index >= 15 is 0 Å². The molecule has 1 saturated heterocycles. The number of hydrogen-bond donors (Lipinski definition) is 1. The minimum atomic E-state index is -3.41. The van der Waals surface area contributed by atoms with Gasteiger partial charge in [-0.25, -0.2) is 8.42 Å². The molecule has 1 saturated carbocycles. The zero-order valence-electron chi connectivity index (χ0n) is 20.4. The molecule has 4 unspecified atom stereocenters. The molecule has 6 nitrogen and oxygen atoms in total. The Morgan fingerprint density at radius 3 is 2.33 bits per heavy atom. The van der Waals surface area contributed by atoms with Crippen molar-refractivity contribution in [1.29, 1.82) is 0 Å². The summed E-state index contributed by atoms with van der Waals surface area (Å²) in [5.41, 5.74) is 0.504. The molecule has 0 aromatic heterocycles. The molecule has 1 amide bonds. The van der Waals surface area contributed by atoms with E-state index in [0.29, 0.717) is 16.5 Å². The van der Waals surface area contributed by atoms with Gasteiger partial charge in [-0.15, -0.1) is 0 Å². The SMILES string of the molecule is CCS(=O)(=O)CC(C1CC1)N1C(=O)C(C)(CC(=O)O)CC(c2cccc(Cl)c2)C1c1ccc(Cl)cc1. The summed E-state index contributed by atoms with van der Waals surface area (Å²) in [6, 6.07) is 13.6. The lowest BCUT2D eigenvalue weighted by Gasteiger charge is -2.52. The monoisotopic (exact) mass is 551 g/mol. The number of sulfone groups is 1. The van der Waals surface area contributed by atoms with E-state index in [4.69, 9.17) is 23.2 Å². The van der Waals surface area contributed by atoms with Gasteiger partial charge in [0.25, 0.3) is 0 Å². The third-order valence-electron chi connectivity index (χ3n) is 7.52. The van der Waals surface area contributed by atoms with Gasteiger partial charge in [0, 0.05) is 27.8 Å². The predicted octanol–water partition coefficient (Wildman–Crippen LogP) is 5.74. The maximum Gasteiger partial charge on any atom is 0.304 e. The van der Waals surface area contributed by atoms with Crippen molar-refractivity contribution in [2.45, 2.75) is 57.5 Å². The van der Waals surface area contributed by atoms with Crippen molar-refractivity contribution in [3.05, 3.63) is 69.7 Å². The van der Waals surface area contributed by atoms with Gasteiger partial charge in [0.1, 0.15) is 0 Å². The number of piperidine rings is 1. The quantitative estimate of drug-likeness (QED) is 0.428. The highest BCUT2D eigenvalue weighted by Crippen LogP contribution is 2.54. The number of halogens is 2. The van der Waals surface area contributed by atoms with Gasteiger partial charge in [0.05, 0.1) is 23.6 Å². The van der Waals surface area contributed by atoms with Crippen molar-refractivity contribution >= 4 is 44.9 Å². The molecule has 9 heteroatoms. The maximum absolute atomic E-state index is 14.2. The van der Waals surface area contributed by atoms with Crippen LogP contribution in [0.25, 0.3) is 0 Å². The molecule has 0 spiro atoms. The first kappa shape index (κ1) is 27.0. The third-order valence-corrected chi connectivity index (χ3v) is 9.74. The average molecular weight is 553 g/mol. The highest BCUT2D eigenvalue weighted by atomic mass is 35.5. The highest BCUT2D eigenvalue weighted by molar-refractivity contribution is 7.91. The zero-order valence-corrected chi connectivity index (χ0v) is 22.7. The second-order valence-corrected chi connectivity index (χ2v) is 13.6. The zero-order chi connectivity index (χ0) is 26.3. The molecule has 0 bridgehead atoms. The van der Waals surface area contributed by atoms with Crippen LogP contribution in [-0.4, -0.2) is 47.8 Å². The number of rotatable bonds is 9. The summed E-state index contributed by atoms with van der Waals surface area (Å²) >= 11 is 12.5. The molecule has 2 aliphatic rings. The normalized spacial score (nSPS) is 25.6. The Morgan fingerprint density at radius 1 is 1.11 bits per heavy atom.